The minimum Gasteiger partial charge on any atom is -0.477 e. The molecular formula is C19H13ClF2N4O2. The van der Waals surface area contributed by atoms with Crippen molar-refractivity contribution in [3.05, 3.63) is 77.1 Å². The molecule has 4 rings (SSSR count). The summed E-state index contributed by atoms with van der Waals surface area (Å²) in [6, 6.07) is 10.7. The summed E-state index contributed by atoms with van der Waals surface area (Å²) in [5.74, 6) is -0.886. The Labute approximate surface area is 163 Å². The lowest BCUT2D eigenvalue weighted by atomic mass is 10.1. The van der Waals surface area contributed by atoms with E-state index in [4.69, 9.17) is 21.1 Å². The predicted octanol–water partition coefficient (Wildman–Crippen LogP) is 4.47. The average Bonchev–Trinajstić information content (AvgIpc) is 3.10. The van der Waals surface area contributed by atoms with Crippen LogP contribution in [0, 0.1) is 11.6 Å². The lowest BCUT2D eigenvalue weighted by Crippen LogP contribution is -2.06. The summed E-state index contributed by atoms with van der Waals surface area (Å²) in [7, 11) is 0. The van der Waals surface area contributed by atoms with E-state index in [1.807, 2.05) is 0 Å². The maximum absolute atomic E-state index is 13.3. The highest BCUT2D eigenvalue weighted by Gasteiger charge is 2.13. The Bertz CT molecular complexity index is 1120. The van der Waals surface area contributed by atoms with Crippen LogP contribution in [0.4, 0.5) is 8.78 Å². The van der Waals surface area contributed by atoms with E-state index in [-0.39, 0.29) is 12.6 Å². The smallest absolute Gasteiger partial charge is 0.330 e. The fourth-order valence-corrected chi connectivity index (χ4v) is 2.67. The van der Waals surface area contributed by atoms with Crippen LogP contribution in [0.15, 0.2) is 54.9 Å². The number of nitrogens with zero attached hydrogens (tertiary/aromatic N) is 4. The Morgan fingerprint density at radius 2 is 1.79 bits per heavy atom. The second kappa shape index (κ2) is 7.77. The highest BCUT2D eigenvalue weighted by molar-refractivity contribution is 6.30. The van der Waals surface area contributed by atoms with Crippen LogP contribution in [0.2, 0.25) is 5.02 Å². The lowest BCUT2D eigenvalue weighted by molar-refractivity contribution is 0.297. The zero-order valence-electron chi connectivity index (χ0n) is 14.3. The van der Waals surface area contributed by atoms with Gasteiger partial charge in [-0.2, -0.15) is 0 Å². The Kier molecular flexibility index (Phi) is 5.03. The number of ether oxygens (including phenoxy) is 2. The van der Waals surface area contributed by atoms with Gasteiger partial charge in [0.15, 0.2) is 17.3 Å². The van der Waals surface area contributed by atoms with Crippen LogP contribution in [0.3, 0.4) is 0 Å². The molecule has 28 heavy (non-hydrogen) atoms. The van der Waals surface area contributed by atoms with E-state index >= 15 is 0 Å². The highest BCUT2D eigenvalue weighted by Crippen LogP contribution is 2.25. The van der Waals surface area contributed by atoms with Crippen LogP contribution >= 0.6 is 11.6 Å². The van der Waals surface area contributed by atoms with Crippen molar-refractivity contribution in [2.75, 3.05) is 6.61 Å². The monoisotopic (exact) mass is 402 g/mol. The van der Waals surface area contributed by atoms with E-state index in [2.05, 4.69) is 15.2 Å². The largest absolute Gasteiger partial charge is 0.477 e. The van der Waals surface area contributed by atoms with Crippen LogP contribution in [-0.4, -0.2) is 26.2 Å². The zero-order chi connectivity index (χ0) is 19.5. The number of aromatic nitrogens is 4. The standard InChI is InChI=1S/C19H13ClF2N4O2/c20-13-2-4-14(5-3-13)28-19-25-24-17-10-23-11-18(26(17)19)27-8-7-12-1-6-15(21)16(22)9-12/h1-6,9-11H,7-8H2. The van der Waals surface area contributed by atoms with Crippen molar-refractivity contribution in [2.45, 2.75) is 6.42 Å². The van der Waals surface area contributed by atoms with Gasteiger partial charge in [-0.25, -0.2) is 13.2 Å². The molecule has 0 atom stereocenters. The molecule has 0 aliphatic heterocycles. The molecule has 4 aromatic rings. The maximum Gasteiger partial charge on any atom is 0.330 e. The first kappa shape index (κ1) is 18.1. The quantitative estimate of drug-likeness (QED) is 0.476. The number of benzene rings is 2. The van der Waals surface area contributed by atoms with Gasteiger partial charge in [-0.3, -0.25) is 4.98 Å². The van der Waals surface area contributed by atoms with Crippen LogP contribution < -0.4 is 9.47 Å². The molecule has 2 aromatic carbocycles. The van der Waals surface area contributed by atoms with Crippen LogP contribution in [0.25, 0.3) is 5.65 Å². The molecule has 0 bridgehead atoms. The number of halogens is 3. The van der Waals surface area contributed by atoms with Gasteiger partial charge >= 0.3 is 6.01 Å². The van der Waals surface area contributed by atoms with E-state index in [9.17, 15) is 8.78 Å². The first-order valence-corrected chi connectivity index (χ1v) is 8.67. The molecule has 6 nitrogen and oxygen atoms in total. The third-order valence-electron chi connectivity index (χ3n) is 3.90. The second-order valence-corrected chi connectivity index (χ2v) is 6.26. The fourth-order valence-electron chi connectivity index (χ4n) is 2.54. The number of fused-ring (bicyclic) bond motifs is 1. The van der Waals surface area contributed by atoms with Crippen molar-refractivity contribution in [1.29, 1.82) is 0 Å². The van der Waals surface area contributed by atoms with Crippen LogP contribution in [0.5, 0.6) is 17.6 Å². The van der Waals surface area contributed by atoms with Gasteiger partial charge in [0.05, 0.1) is 19.0 Å². The molecule has 2 aromatic heterocycles. The normalized spacial score (nSPS) is 11.0. The molecule has 9 heteroatoms. The van der Waals surface area contributed by atoms with Crippen molar-refractivity contribution in [1.82, 2.24) is 19.6 Å². The van der Waals surface area contributed by atoms with Crippen molar-refractivity contribution in [2.24, 2.45) is 0 Å². The van der Waals surface area contributed by atoms with E-state index < -0.39 is 11.6 Å². The van der Waals surface area contributed by atoms with E-state index in [0.717, 1.165) is 12.1 Å². The van der Waals surface area contributed by atoms with Crippen molar-refractivity contribution >= 4 is 17.2 Å². The Hall–Kier alpha value is -3.26. The van der Waals surface area contributed by atoms with Crippen molar-refractivity contribution in [3.63, 3.8) is 0 Å². The molecule has 0 amide bonds. The molecule has 142 valence electrons. The molecule has 0 aliphatic rings. The Balaban J connectivity index is 1.52. The Morgan fingerprint density at radius 1 is 0.964 bits per heavy atom. The van der Waals surface area contributed by atoms with Crippen molar-refractivity contribution < 1.29 is 18.3 Å². The second-order valence-electron chi connectivity index (χ2n) is 5.82. The molecule has 0 fully saturated rings. The van der Waals surface area contributed by atoms with Gasteiger partial charge in [0.2, 0.25) is 5.88 Å². The van der Waals surface area contributed by atoms with Crippen molar-refractivity contribution in [3.8, 4) is 17.6 Å². The van der Waals surface area contributed by atoms with E-state index in [1.165, 1.54) is 18.5 Å². The van der Waals surface area contributed by atoms with Gasteiger partial charge in [-0.05, 0) is 42.0 Å². The molecule has 0 unspecified atom stereocenters. The zero-order valence-corrected chi connectivity index (χ0v) is 15.1. The summed E-state index contributed by atoms with van der Waals surface area (Å²) >= 11 is 5.88. The molecule has 0 saturated carbocycles. The predicted molar refractivity (Wildman–Crippen MR) is 97.9 cm³/mol. The van der Waals surface area contributed by atoms with Crippen LogP contribution in [0.1, 0.15) is 5.56 Å². The minimum absolute atomic E-state index is 0.197. The van der Waals surface area contributed by atoms with Gasteiger partial charge in [-0.15, -0.1) is 5.10 Å². The number of rotatable bonds is 6. The van der Waals surface area contributed by atoms with Gasteiger partial charge in [-0.1, -0.05) is 22.8 Å². The van der Waals surface area contributed by atoms with Gasteiger partial charge in [0.25, 0.3) is 0 Å². The SMILES string of the molecule is Fc1ccc(CCOc2cncc3nnc(Oc4ccc(Cl)cc4)n23)cc1F. The third-order valence-corrected chi connectivity index (χ3v) is 4.15. The molecule has 0 saturated heterocycles. The molecule has 0 radical (unpaired) electrons. The molecule has 0 aliphatic carbocycles. The summed E-state index contributed by atoms with van der Waals surface area (Å²) in [6.45, 7) is 0.213. The summed E-state index contributed by atoms with van der Waals surface area (Å²) in [5, 5.41) is 8.60. The molecular weight excluding hydrogens is 390 g/mol. The topological polar surface area (TPSA) is 61.5 Å². The lowest BCUT2D eigenvalue weighted by Gasteiger charge is -2.10. The first-order valence-electron chi connectivity index (χ1n) is 8.29. The van der Waals surface area contributed by atoms with E-state index in [1.54, 1.807) is 28.7 Å². The van der Waals surface area contributed by atoms with Gasteiger partial charge in [0, 0.05) is 11.4 Å². The minimum atomic E-state index is -0.890. The number of hydrogen-bond donors (Lipinski definition) is 0. The van der Waals surface area contributed by atoms with Gasteiger partial charge < -0.3 is 9.47 Å². The fraction of sp³-hybridized carbons (Fsp3) is 0.105. The third kappa shape index (κ3) is 3.86. The summed E-state index contributed by atoms with van der Waals surface area (Å²) in [6.07, 6.45) is 3.39. The summed E-state index contributed by atoms with van der Waals surface area (Å²) in [4.78, 5) is 4.07. The molecule has 0 N–H and O–H groups in total. The summed E-state index contributed by atoms with van der Waals surface area (Å²) in [5.41, 5.74) is 1.05. The number of hydrogen-bond acceptors (Lipinski definition) is 5. The van der Waals surface area contributed by atoms with E-state index in [0.29, 0.717) is 34.3 Å². The van der Waals surface area contributed by atoms with Crippen LogP contribution in [-0.2, 0) is 6.42 Å². The summed E-state index contributed by atoms with van der Waals surface area (Å²) < 4.78 is 39.4. The first-order chi connectivity index (χ1) is 13.6. The van der Waals surface area contributed by atoms with Gasteiger partial charge in [0.1, 0.15) is 5.75 Å². The molecule has 0 spiro atoms. The average molecular weight is 403 g/mol. The molecule has 2 heterocycles. The maximum atomic E-state index is 13.3. The Morgan fingerprint density at radius 3 is 2.57 bits per heavy atom. The highest BCUT2D eigenvalue weighted by atomic mass is 35.5.